The molecule has 1 heterocycles. The Morgan fingerprint density at radius 1 is 1.29 bits per heavy atom. The van der Waals surface area contributed by atoms with Gasteiger partial charge in [0.2, 0.25) is 0 Å². The monoisotopic (exact) mass is 296 g/mol. The van der Waals surface area contributed by atoms with Gasteiger partial charge in [0.05, 0.1) is 22.1 Å². The normalized spacial score (nSPS) is 21.3. The molecule has 1 aromatic carbocycles. The lowest BCUT2D eigenvalue weighted by Gasteiger charge is -2.32. The van der Waals surface area contributed by atoms with Crippen molar-refractivity contribution in [1.82, 2.24) is 0 Å². The molecule has 0 aliphatic carbocycles. The van der Waals surface area contributed by atoms with Gasteiger partial charge in [-0.1, -0.05) is 0 Å². The van der Waals surface area contributed by atoms with Crippen LogP contribution in [0.15, 0.2) is 18.2 Å². The van der Waals surface area contributed by atoms with Crippen molar-refractivity contribution in [3.63, 3.8) is 0 Å². The van der Waals surface area contributed by atoms with E-state index in [1.54, 1.807) is 0 Å². The second-order valence-electron chi connectivity index (χ2n) is 6.11. The van der Waals surface area contributed by atoms with Crippen molar-refractivity contribution in [1.29, 1.82) is 0 Å². The van der Waals surface area contributed by atoms with E-state index >= 15 is 0 Å². The molecule has 0 radical (unpaired) electrons. The van der Waals surface area contributed by atoms with Gasteiger partial charge in [-0.3, -0.25) is 10.1 Å². The van der Waals surface area contributed by atoms with E-state index in [9.17, 15) is 14.5 Å². The summed E-state index contributed by atoms with van der Waals surface area (Å²) in [6.45, 7) is 7.39. The van der Waals surface area contributed by atoms with Gasteiger partial charge >= 0.3 is 7.12 Å². The van der Waals surface area contributed by atoms with Crippen molar-refractivity contribution < 1.29 is 18.6 Å². The summed E-state index contributed by atoms with van der Waals surface area (Å²) >= 11 is 0. The topological polar surface area (TPSA) is 87.6 Å². The molecule has 2 N–H and O–H groups in total. The summed E-state index contributed by atoms with van der Waals surface area (Å²) < 4.78 is 24.9. The summed E-state index contributed by atoms with van der Waals surface area (Å²) in [5.74, 6) is -1.55. The van der Waals surface area contributed by atoms with E-state index in [0.29, 0.717) is 0 Å². The largest absolute Gasteiger partial charge is 0.480 e. The zero-order valence-corrected chi connectivity index (χ0v) is 12.4. The van der Waals surface area contributed by atoms with Crippen LogP contribution in [0.25, 0.3) is 0 Å². The van der Waals surface area contributed by atoms with Crippen molar-refractivity contribution in [3.8, 4) is 0 Å². The maximum Gasteiger partial charge on any atom is 0.480 e. The molecule has 0 unspecified atom stereocenters. The molecule has 0 saturated carbocycles. The Kier molecular flexibility index (Phi) is 3.81. The minimum Gasteiger partial charge on any atom is -0.402 e. The zero-order valence-electron chi connectivity index (χ0n) is 12.4. The van der Waals surface area contributed by atoms with Gasteiger partial charge < -0.3 is 15.0 Å². The molecule has 1 aliphatic heterocycles. The maximum atomic E-state index is 13.4. The van der Waals surface area contributed by atoms with Crippen LogP contribution in [0.2, 0.25) is 0 Å². The molecule has 21 heavy (non-hydrogen) atoms. The van der Waals surface area contributed by atoms with Crippen LogP contribution >= 0.6 is 0 Å². The fraction of sp³-hybridized carbons (Fsp3) is 0.538. The van der Waals surface area contributed by atoms with E-state index in [1.165, 1.54) is 0 Å². The Morgan fingerprint density at radius 2 is 1.81 bits per heavy atom. The molecule has 1 aromatic rings. The highest BCUT2D eigenvalue weighted by Gasteiger charge is 2.54. The van der Waals surface area contributed by atoms with Gasteiger partial charge in [-0.15, -0.1) is 0 Å². The first-order chi connectivity index (χ1) is 9.55. The van der Waals surface area contributed by atoms with Crippen molar-refractivity contribution in [3.05, 3.63) is 39.7 Å². The highest BCUT2D eigenvalue weighted by Crippen LogP contribution is 2.40. The summed E-state index contributed by atoms with van der Waals surface area (Å²) in [5.41, 5.74) is 4.60. The number of hydrogen-bond acceptors (Lipinski definition) is 5. The smallest absolute Gasteiger partial charge is 0.402 e. The standard InChI is InChI=1S/C13H18BFN2O4/c1-12(2)13(3,4)21-14(20-12)11(16)9-7-8(15)5-6-10(9)17(18)19/h5-7,11H,16H2,1-4H3/t11-/m0/s1. The van der Waals surface area contributed by atoms with Crippen LogP contribution < -0.4 is 5.73 Å². The molecule has 0 spiro atoms. The molecule has 114 valence electrons. The van der Waals surface area contributed by atoms with Crippen LogP contribution in [0.3, 0.4) is 0 Å². The third-order valence-electron chi connectivity index (χ3n) is 4.11. The molecular weight excluding hydrogens is 278 g/mol. The van der Waals surface area contributed by atoms with E-state index in [1.807, 2.05) is 27.7 Å². The number of halogens is 1. The minimum absolute atomic E-state index is 0.0542. The van der Waals surface area contributed by atoms with Gasteiger partial charge in [0, 0.05) is 11.6 Å². The second-order valence-corrected chi connectivity index (χ2v) is 6.11. The number of benzene rings is 1. The molecule has 0 bridgehead atoms. The number of rotatable bonds is 3. The van der Waals surface area contributed by atoms with Gasteiger partial charge in [0.1, 0.15) is 5.82 Å². The van der Waals surface area contributed by atoms with Gasteiger partial charge in [0.25, 0.3) is 5.69 Å². The molecule has 1 aliphatic rings. The van der Waals surface area contributed by atoms with Crippen molar-refractivity contribution in [2.24, 2.45) is 5.73 Å². The summed E-state index contributed by atoms with van der Waals surface area (Å²) in [7, 11) is -0.879. The predicted octanol–water partition coefficient (Wildman–Crippen LogP) is 2.37. The predicted molar refractivity (Wildman–Crippen MR) is 76.1 cm³/mol. The maximum absolute atomic E-state index is 13.4. The fourth-order valence-corrected chi connectivity index (χ4v) is 2.14. The molecule has 0 amide bonds. The van der Waals surface area contributed by atoms with Crippen LogP contribution in [0.4, 0.5) is 10.1 Å². The number of nitro groups is 1. The van der Waals surface area contributed by atoms with E-state index in [2.05, 4.69) is 0 Å². The molecule has 1 saturated heterocycles. The first-order valence-corrected chi connectivity index (χ1v) is 6.60. The summed E-state index contributed by atoms with van der Waals surface area (Å²) in [5, 5.41) is 11.1. The van der Waals surface area contributed by atoms with Gasteiger partial charge in [-0.25, -0.2) is 4.39 Å². The van der Waals surface area contributed by atoms with Crippen LogP contribution in [-0.2, 0) is 9.31 Å². The van der Waals surface area contributed by atoms with Crippen LogP contribution in [-0.4, -0.2) is 23.2 Å². The zero-order chi connectivity index (χ0) is 16.0. The first kappa shape index (κ1) is 15.9. The molecule has 2 rings (SSSR count). The number of hydrogen-bond donors (Lipinski definition) is 1. The molecule has 0 aromatic heterocycles. The highest BCUT2D eigenvalue weighted by atomic mass is 19.1. The average molecular weight is 296 g/mol. The Hall–Kier alpha value is -1.51. The molecular formula is C13H18BFN2O4. The summed E-state index contributed by atoms with van der Waals surface area (Å²) in [6, 6.07) is 3.17. The van der Waals surface area contributed by atoms with Gasteiger partial charge in [-0.2, -0.15) is 0 Å². The number of nitrogens with zero attached hydrogens (tertiary/aromatic N) is 1. The molecule has 8 heteroatoms. The molecule has 1 fully saturated rings. The average Bonchev–Trinajstić information content (AvgIpc) is 2.57. The van der Waals surface area contributed by atoms with Crippen LogP contribution in [0.1, 0.15) is 39.2 Å². The fourth-order valence-electron chi connectivity index (χ4n) is 2.14. The quantitative estimate of drug-likeness (QED) is 0.525. The van der Waals surface area contributed by atoms with E-state index in [-0.39, 0.29) is 11.3 Å². The summed E-state index contributed by atoms with van der Waals surface area (Å²) in [4.78, 5) is 10.5. The Labute approximate surface area is 122 Å². The highest BCUT2D eigenvalue weighted by molar-refractivity contribution is 6.47. The SMILES string of the molecule is CC1(C)OB([C@@H](N)c2cc(F)ccc2[N+](=O)[O-])OC1(C)C. The van der Waals surface area contributed by atoms with Crippen molar-refractivity contribution >= 4 is 12.8 Å². The summed E-state index contributed by atoms with van der Waals surface area (Å²) in [6.07, 6.45) is 0. The lowest BCUT2D eigenvalue weighted by Crippen LogP contribution is -2.41. The first-order valence-electron chi connectivity index (χ1n) is 6.60. The van der Waals surface area contributed by atoms with Crippen molar-refractivity contribution in [2.45, 2.75) is 44.8 Å². The second kappa shape index (κ2) is 5.05. The lowest BCUT2D eigenvalue weighted by atomic mass is 9.74. The third kappa shape index (κ3) is 2.79. The number of nitrogens with two attached hydrogens (primary N) is 1. The van der Waals surface area contributed by atoms with E-state index in [0.717, 1.165) is 18.2 Å². The van der Waals surface area contributed by atoms with Crippen LogP contribution in [0.5, 0.6) is 0 Å². The molecule has 6 nitrogen and oxygen atoms in total. The van der Waals surface area contributed by atoms with Crippen molar-refractivity contribution in [2.75, 3.05) is 0 Å². The minimum atomic E-state index is -0.956. The lowest BCUT2D eigenvalue weighted by molar-refractivity contribution is -0.385. The number of nitro benzene ring substituents is 1. The van der Waals surface area contributed by atoms with E-state index in [4.69, 9.17) is 15.0 Å². The Morgan fingerprint density at radius 3 is 2.29 bits per heavy atom. The third-order valence-corrected chi connectivity index (χ3v) is 4.11. The van der Waals surface area contributed by atoms with E-state index < -0.39 is 35.0 Å². The van der Waals surface area contributed by atoms with Crippen LogP contribution in [0, 0.1) is 15.9 Å². The molecule has 1 atom stereocenters. The Bertz CT molecular complexity index is 563. The van der Waals surface area contributed by atoms with Gasteiger partial charge in [-0.05, 0) is 39.8 Å². The van der Waals surface area contributed by atoms with Gasteiger partial charge in [0.15, 0.2) is 0 Å². The Balaban J connectivity index is 2.36.